The maximum absolute atomic E-state index is 13.5. The Bertz CT molecular complexity index is 554. The fourth-order valence-electron chi connectivity index (χ4n) is 1.86. The number of hydrogen-bond acceptors (Lipinski definition) is 1. The molecule has 1 atom stereocenters. The van der Waals surface area contributed by atoms with E-state index in [2.05, 4.69) is 0 Å². The highest BCUT2D eigenvalue weighted by atomic mass is 35.5. The Morgan fingerprint density at radius 3 is 2.61 bits per heavy atom. The Kier molecular flexibility index (Phi) is 4.00. The molecule has 0 bridgehead atoms. The molecule has 2 N–H and O–H groups in total. The molecule has 0 heterocycles. The van der Waals surface area contributed by atoms with Crippen LogP contribution in [-0.4, -0.2) is 0 Å². The SMILES string of the molecule is Cc1ccc(C(N)Cc2ccccc2F)cc1Cl. The molecule has 2 aromatic carbocycles. The summed E-state index contributed by atoms with van der Waals surface area (Å²) in [6.45, 7) is 1.94. The van der Waals surface area contributed by atoms with Gasteiger partial charge in [-0.25, -0.2) is 4.39 Å². The van der Waals surface area contributed by atoms with Crippen LogP contribution in [0.15, 0.2) is 42.5 Å². The van der Waals surface area contributed by atoms with Crippen LogP contribution in [0.4, 0.5) is 4.39 Å². The predicted molar refractivity (Wildman–Crippen MR) is 73.2 cm³/mol. The minimum Gasteiger partial charge on any atom is -0.324 e. The summed E-state index contributed by atoms with van der Waals surface area (Å²) in [5, 5.41) is 0.691. The molecule has 2 aromatic rings. The van der Waals surface area contributed by atoms with Crippen molar-refractivity contribution < 1.29 is 4.39 Å². The van der Waals surface area contributed by atoms with Crippen LogP contribution in [0.3, 0.4) is 0 Å². The summed E-state index contributed by atoms with van der Waals surface area (Å²) in [7, 11) is 0. The third-order valence-electron chi connectivity index (χ3n) is 3.02. The maximum Gasteiger partial charge on any atom is 0.126 e. The van der Waals surface area contributed by atoms with Gasteiger partial charge in [0.05, 0.1) is 0 Å². The fourth-order valence-corrected chi connectivity index (χ4v) is 2.05. The predicted octanol–water partition coefficient (Wildman–Crippen LogP) is 4.03. The van der Waals surface area contributed by atoms with Crippen LogP contribution in [0.25, 0.3) is 0 Å². The summed E-state index contributed by atoms with van der Waals surface area (Å²) < 4.78 is 13.5. The zero-order valence-electron chi connectivity index (χ0n) is 10.2. The molecule has 18 heavy (non-hydrogen) atoms. The van der Waals surface area contributed by atoms with E-state index in [9.17, 15) is 4.39 Å². The van der Waals surface area contributed by atoms with Crippen LogP contribution in [-0.2, 0) is 6.42 Å². The van der Waals surface area contributed by atoms with E-state index >= 15 is 0 Å². The third-order valence-corrected chi connectivity index (χ3v) is 3.43. The molecule has 0 amide bonds. The van der Waals surface area contributed by atoms with Gasteiger partial charge in [0.15, 0.2) is 0 Å². The van der Waals surface area contributed by atoms with Crippen LogP contribution < -0.4 is 5.73 Å². The van der Waals surface area contributed by atoms with Crippen LogP contribution in [0.1, 0.15) is 22.7 Å². The number of halogens is 2. The lowest BCUT2D eigenvalue weighted by molar-refractivity contribution is 0.593. The van der Waals surface area contributed by atoms with E-state index in [0.29, 0.717) is 17.0 Å². The molecular formula is C15H15ClFN. The Morgan fingerprint density at radius 1 is 1.22 bits per heavy atom. The average Bonchev–Trinajstić information content (AvgIpc) is 2.35. The number of aryl methyl sites for hydroxylation is 1. The van der Waals surface area contributed by atoms with Gasteiger partial charge in [0.1, 0.15) is 5.82 Å². The second-order valence-electron chi connectivity index (χ2n) is 4.41. The van der Waals surface area contributed by atoms with Gasteiger partial charge < -0.3 is 5.73 Å². The molecule has 0 aromatic heterocycles. The first-order valence-corrected chi connectivity index (χ1v) is 6.21. The summed E-state index contributed by atoms with van der Waals surface area (Å²) >= 11 is 6.06. The second kappa shape index (κ2) is 5.51. The van der Waals surface area contributed by atoms with Crippen LogP contribution in [0.5, 0.6) is 0 Å². The molecule has 0 spiro atoms. The van der Waals surface area contributed by atoms with Gasteiger partial charge in [-0.1, -0.05) is 41.9 Å². The lowest BCUT2D eigenvalue weighted by Gasteiger charge is -2.13. The molecule has 0 aliphatic carbocycles. The van der Waals surface area contributed by atoms with E-state index in [1.807, 2.05) is 31.2 Å². The minimum atomic E-state index is -0.250. The van der Waals surface area contributed by atoms with Crippen molar-refractivity contribution in [3.63, 3.8) is 0 Å². The Hall–Kier alpha value is -1.38. The van der Waals surface area contributed by atoms with Gasteiger partial charge in [0.2, 0.25) is 0 Å². The number of hydrogen-bond donors (Lipinski definition) is 1. The highest BCUT2D eigenvalue weighted by Gasteiger charge is 2.11. The molecule has 1 nitrogen and oxygen atoms in total. The monoisotopic (exact) mass is 263 g/mol. The van der Waals surface area contributed by atoms with Gasteiger partial charge in [-0.15, -0.1) is 0 Å². The minimum absolute atomic E-state index is 0.217. The van der Waals surface area contributed by atoms with Crippen molar-refractivity contribution in [1.29, 1.82) is 0 Å². The van der Waals surface area contributed by atoms with Crippen molar-refractivity contribution in [2.45, 2.75) is 19.4 Å². The quantitative estimate of drug-likeness (QED) is 0.889. The van der Waals surface area contributed by atoms with Gasteiger partial charge in [0, 0.05) is 11.1 Å². The zero-order valence-corrected chi connectivity index (χ0v) is 10.9. The van der Waals surface area contributed by atoms with Gasteiger partial charge in [-0.05, 0) is 42.2 Å². The second-order valence-corrected chi connectivity index (χ2v) is 4.82. The Labute approximate surface area is 111 Å². The van der Waals surface area contributed by atoms with Crippen molar-refractivity contribution in [2.75, 3.05) is 0 Å². The van der Waals surface area contributed by atoms with E-state index in [1.54, 1.807) is 12.1 Å². The molecule has 0 aliphatic rings. The van der Waals surface area contributed by atoms with Crippen molar-refractivity contribution >= 4 is 11.6 Å². The van der Waals surface area contributed by atoms with Crippen LogP contribution >= 0.6 is 11.6 Å². The number of benzene rings is 2. The summed E-state index contributed by atoms with van der Waals surface area (Å²) in [4.78, 5) is 0. The first-order valence-electron chi connectivity index (χ1n) is 5.83. The van der Waals surface area contributed by atoms with E-state index in [-0.39, 0.29) is 11.9 Å². The lowest BCUT2D eigenvalue weighted by atomic mass is 9.98. The molecule has 0 fully saturated rings. The molecule has 1 unspecified atom stereocenters. The molecule has 94 valence electrons. The summed E-state index contributed by atoms with van der Waals surface area (Å²) in [6, 6.07) is 12.2. The van der Waals surface area contributed by atoms with Crippen molar-refractivity contribution in [1.82, 2.24) is 0 Å². The summed E-state index contributed by atoms with van der Waals surface area (Å²) in [6.07, 6.45) is 0.464. The van der Waals surface area contributed by atoms with Gasteiger partial charge in [-0.2, -0.15) is 0 Å². The van der Waals surface area contributed by atoms with Crippen molar-refractivity contribution in [3.8, 4) is 0 Å². The molecule has 0 saturated carbocycles. The van der Waals surface area contributed by atoms with Gasteiger partial charge >= 0.3 is 0 Å². The number of nitrogens with two attached hydrogens (primary N) is 1. The standard InChI is InChI=1S/C15H15ClFN/c1-10-6-7-12(8-13(10)16)15(18)9-11-4-2-3-5-14(11)17/h2-8,15H,9,18H2,1H3. The van der Waals surface area contributed by atoms with Gasteiger partial charge in [0.25, 0.3) is 0 Å². The first kappa shape index (κ1) is 13.1. The van der Waals surface area contributed by atoms with Gasteiger partial charge in [-0.3, -0.25) is 0 Å². The average molecular weight is 264 g/mol. The zero-order chi connectivity index (χ0) is 13.1. The number of rotatable bonds is 3. The van der Waals surface area contributed by atoms with Crippen LogP contribution in [0.2, 0.25) is 5.02 Å². The molecular weight excluding hydrogens is 249 g/mol. The molecule has 0 radical (unpaired) electrons. The Balaban J connectivity index is 2.19. The Morgan fingerprint density at radius 2 is 1.94 bits per heavy atom. The summed E-state index contributed by atoms with van der Waals surface area (Å²) in [5.74, 6) is -0.217. The third kappa shape index (κ3) is 2.89. The van der Waals surface area contributed by atoms with Crippen molar-refractivity contribution in [3.05, 3.63) is 70.0 Å². The topological polar surface area (TPSA) is 26.0 Å². The highest BCUT2D eigenvalue weighted by Crippen LogP contribution is 2.23. The van der Waals surface area contributed by atoms with Crippen molar-refractivity contribution in [2.24, 2.45) is 5.73 Å². The molecule has 3 heteroatoms. The maximum atomic E-state index is 13.5. The van der Waals surface area contributed by atoms with E-state index in [0.717, 1.165) is 11.1 Å². The molecule has 0 saturated heterocycles. The lowest BCUT2D eigenvalue weighted by Crippen LogP contribution is -2.14. The first-order chi connectivity index (χ1) is 8.58. The van der Waals surface area contributed by atoms with E-state index < -0.39 is 0 Å². The normalized spacial score (nSPS) is 12.4. The largest absolute Gasteiger partial charge is 0.324 e. The molecule has 0 aliphatic heterocycles. The smallest absolute Gasteiger partial charge is 0.126 e. The fraction of sp³-hybridized carbons (Fsp3) is 0.200. The van der Waals surface area contributed by atoms with E-state index in [4.69, 9.17) is 17.3 Å². The summed E-state index contributed by atoms with van der Waals surface area (Å²) in [5.41, 5.74) is 8.65. The highest BCUT2D eigenvalue weighted by molar-refractivity contribution is 6.31. The molecule has 2 rings (SSSR count). The van der Waals surface area contributed by atoms with Crippen LogP contribution in [0, 0.1) is 12.7 Å². The van der Waals surface area contributed by atoms with E-state index in [1.165, 1.54) is 6.07 Å².